The molecule has 2 aliphatic heterocycles. The highest BCUT2D eigenvalue weighted by Crippen LogP contribution is 2.53. The van der Waals surface area contributed by atoms with Crippen molar-refractivity contribution in [3.8, 4) is 11.5 Å². The van der Waals surface area contributed by atoms with Gasteiger partial charge in [0, 0.05) is 23.1 Å². The molecule has 0 saturated carbocycles. The average molecular weight is 475 g/mol. The van der Waals surface area contributed by atoms with Crippen LogP contribution in [0.1, 0.15) is 31.4 Å². The van der Waals surface area contributed by atoms with Gasteiger partial charge in [0.2, 0.25) is 11.8 Å². The first kappa shape index (κ1) is 22.9. The maximum Gasteiger partial charge on any atom is 0.324 e. The molecule has 2 fully saturated rings. The molecule has 4 atom stereocenters. The first-order chi connectivity index (χ1) is 16.8. The smallest absolute Gasteiger partial charge is 0.324 e. The highest BCUT2D eigenvalue weighted by Gasteiger charge is 2.68. The number of carbonyl (C=O) groups excluding carboxylic acids is 2. The average Bonchev–Trinajstić information content (AvgIpc) is 3.33. The van der Waals surface area contributed by atoms with Gasteiger partial charge in [0.25, 0.3) is 0 Å². The molecule has 2 amide bonds. The van der Waals surface area contributed by atoms with Crippen LogP contribution in [0.15, 0.2) is 60.7 Å². The molecule has 0 spiro atoms. The number of nitrogens with zero attached hydrogens (tertiary/aromatic N) is 1. The molecule has 3 N–H and O–H groups in total. The molecule has 180 valence electrons. The number of phenols is 1. The summed E-state index contributed by atoms with van der Waals surface area (Å²) in [6.45, 7) is 1.84. The lowest BCUT2D eigenvalue weighted by Crippen LogP contribution is -2.55. The van der Waals surface area contributed by atoms with E-state index in [4.69, 9.17) is 4.74 Å². The van der Waals surface area contributed by atoms with Crippen molar-refractivity contribution in [1.29, 1.82) is 0 Å². The van der Waals surface area contributed by atoms with Crippen molar-refractivity contribution >= 4 is 34.2 Å². The highest BCUT2D eigenvalue weighted by atomic mass is 16.5. The van der Waals surface area contributed by atoms with Gasteiger partial charge in [-0.1, -0.05) is 55.8 Å². The van der Waals surface area contributed by atoms with Crippen molar-refractivity contribution < 1.29 is 29.3 Å². The maximum absolute atomic E-state index is 13.9. The number of imide groups is 1. The van der Waals surface area contributed by atoms with Gasteiger partial charge in [-0.15, -0.1) is 0 Å². The van der Waals surface area contributed by atoms with Gasteiger partial charge in [-0.25, -0.2) is 4.90 Å². The molecule has 2 aliphatic rings. The molecule has 2 heterocycles. The number of phenolic OH excluding ortho intramolecular Hbond substituents is 1. The third-order valence-electron chi connectivity index (χ3n) is 7.26. The van der Waals surface area contributed by atoms with Crippen LogP contribution >= 0.6 is 0 Å². The van der Waals surface area contributed by atoms with Crippen LogP contribution in [0.5, 0.6) is 11.5 Å². The molecule has 3 aromatic carbocycles. The topological polar surface area (TPSA) is 116 Å². The number of carboxylic acid groups (broad SMARTS) is 1. The van der Waals surface area contributed by atoms with Crippen molar-refractivity contribution in [2.24, 2.45) is 11.8 Å². The molecule has 5 rings (SSSR count). The number of aliphatic carboxylic acids is 1. The van der Waals surface area contributed by atoms with Crippen molar-refractivity contribution in [2.45, 2.75) is 31.3 Å². The second kappa shape index (κ2) is 8.39. The first-order valence-corrected chi connectivity index (χ1v) is 11.6. The fraction of sp³-hybridized carbons (Fsp3) is 0.296. The van der Waals surface area contributed by atoms with Gasteiger partial charge in [-0.2, -0.15) is 0 Å². The SMILES string of the molecule is CCCC1(C(=O)O)NC(c2ccc(OC)cc2O)C2C(=O)N(c3cccc4ccccc34)C(=O)C21. The highest BCUT2D eigenvalue weighted by molar-refractivity contribution is 6.26. The van der Waals surface area contributed by atoms with E-state index in [0.717, 1.165) is 15.7 Å². The molecule has 3 aromatic rings. The van der Waals surface area contributed by atoms with Gasteiger partial charge in [-0.3, -0.25) is 19.7 Å². The predicted molar refractivity (Wildman–Crippen MR) is 129 cm³/mol. The van der Waals surface area contributed by atoms with E-state index in [1.807, 2.05) is 37.3 Å². The van der Waals surface area contributed by atoms with Crippen LogP contribution in [0, 0.1) is 11.8 Å². The number of aromatic hydroxyl groups is 1. The van der Waals surface area contributed by atoms with E-state index in [1.54, 1.807) is 24.3 Å². The molecule has 0 radical (unpaired) electrons. The van der Waals surface area contributed by atoms with Crippen LogP contribution in [-0.4, -0.2) is 40.6 Å². The molecule has 0 aromatic heterocycles. The number of methoxy groups -OCH3 is 1. The van der Waals surface area contributed by atoms with Crippen LogP contribution in [0.2, 0.25) is 0 Å². The molecular formula is C27H26N2O6. The Labute approximate surface area is 202 Å². The van der Waals surface area contributed by atoms with Crippen molar-refractivity contribution in [3.05, 3.63) is 66.2 Å². The fourth-order valence-corrected chi connectivity index (χ4v) is 5.75. The zero-order valence-electron chi connectivity index (χ0n) is 19.4. The summed E-state index contributed by atoms with van der Waals surface area (Å²) in [5.41, 5.74) is -0.871. The lowest BCUT2D eigenvalue weighted by molar-refractivity contribution is -0.149. The van der Waals surface area contributed by atoms with Gasteiger partial charge in [-0.05, 0) is 23.9 Å². The number of fused-ring (bicyclic) bond motifs is 2. The molecule has 8 nitrogen and oxygen atoms in total. The number of carbonyl (C=O) groups is 3. The molecular weight excluding hydrogens is 448 g/mol. The minimum atomic E-state index is -1.65. The number of anilines is 1. The summed E-state index contributed by atoms with van der Waals surface area (Å²) in [7, 11) is 1.47. The Bertz CT molecular complexity index is 1350. The summed E-state index contributed by atoms with van der Waals surface area (Å²) in [5, 5.41) is 25.8. The van der Waals surface area contributed by atoms with E-state index in [1.165, 1.54) is 13.2 Å². The Hall–Kier alpha value is -3.91. The van der Waals surface area contributed by atoms with E-state index >= 15 is 0 Å². The molecule has 4 unspecified atom stereocenters. The molecule has 2 saturated heterocycles. The Kier molecular flexibility index (Phi) is 5.48. The number of ether oxygens (including phenoxy) is 1. The zero-order chi connectivity index (χ0) is 24.9. The Balaban J connectivity index is 1.69. The zero-order valence-corrected chi connectivity index (χ0v) is 19.4. The quantitative estimate of drug-likeness (QED) is 0.467. The standard InChI is InChI=1S/C27H26N2O6/c1-3-13-27(26(33)34)22-21(23(28-27)18-12-11-16(35-2)14-20(18)30)24(31)29(25(22)32)19-10-6-8-15-7-4-5-9-17(15)19/h4-12,14,21-23,28,30H,3,13H2,1-2H3,(H,33,34). The Morgan fingerprint density at radius 2 is 1.83 bits per heavy atom. The summed E-state index contributed by atoms with van der Waals surface area (Å²) in [4.78, 5) is 41.7. The molecule has 35 heavy (non-hydrogen) atoms. The number of nitrogens with one attached hydrogen (secondary N) is 1. The minimum absolute atomic E-state index is 0.137. The van der Waals surface area contributed by atoms with Gasteiger partial charge < -0.3 is 14.9 Å². The van der Waals surface area contributed by atoms with Crippen LogP contribution < -0.4 is 15.0 Å². The second-order valence-corrected chi connectivity index (χ2v) is 9.09. The number of carboxylic acids is 1. The maximum atomic E-state index is 13.9. The predicted octanol–water partition coefficient (Wildman–Crippen LogP) is 3.63. The second-order valence-electron chi connectivity index (χ2n) is 9.09. The van der Waals surface area contributed by atoms with Crippen molar-refractivity contribution in [1.82, 2.24) is 5.32 Å². The molecule has 0 bridgehead atoms. The third kappa shape index (κ3) is 3.28. The number of rotatable bonds is 6. The van der Waals surface area contributed by atoms with E-state index in [0.29, 0.717) is 23.4 Å². The van der Waals surface area contributed by atoms with Gasteiger partial charge in [0.15, 0.2) is 0 Å². The van der Waals surface area contributed by atoms with Gasteiger partial charge in [0.05, 0.1) is 24.6 Å². The number of amides is 2. The third-order valence-corrected chi connectivity index (χ3v) is 7.26. The first-order valence-electron chi connectivity index (χ1n) is 11.6. The fourth-order valence-electron chi connectivity index (χ4n) is 5.75. The summed E-state index contributed by atoms with van der Waals surface area (Å²) >= 11 is 0. The van der Waals surface area contributed by atoms with E-state index in [9.17, 15) is 24.6 Å². The van der Waals surface area contributed by atoms with Crippen molar-refractivity contribution in [3.63, 3.8) is 0 Å². The van der Waals surface area contributed by atoms with Crippen LogP contribution in [-0.2, 0) is 14.4 Å². The normalized spacial score (nSPS) is 25.8. The van der Waals surface area contributed by atoms with Gasteiger partial charge in [0.1, 0.15) is 17.0 Å². The minimum Gasteiger partial charge on any atom is -0.507 e. The lowest BCUT2D eigenvalue weighted by atomic mass is 9.77. The van der Waals surface area contributed by atoms with E-state index in [2.05, 4.69) is 5.32 Å². The van der Waals surface area contributed by atoms with Gasteiger partial charge >= 0.3 is 5.97 Å². The largest absolute Gasteiger partial charge is 0.507 e. The summed E-state index contributed by atoms with van der Waals surface area (Å²) in [6, 6.07) is 16.6. The number of hydrogen-bond acceptors (Lipinski definition) is 6. The Morgan fingerprint density at radius 3 is 2.51 bits per heavy atom. The molecule has 8 heteroatoms. The van der Waals surface area contributed by atoms with Crippen molar-refractivity contribution in [2.75, 3.05) is 12.0 Å². The van der Waals surface area contributed by atoms with Crippen LogP contribution in [0.3, 0.4) is 0 Å². The molecule has 0 aliphatic carbocycles. The number of hydrogen-bond donors (Lipinski definition) is 3. The summed E-state index contributed by atoms with van der Waals surface area (Å²) in [5.74, 6) is -4.06. The summed E-state index contributed by atoms with van der Waals surface area (Å²) < 4.78 is 5.17. The monoisotopic (exact) mass is 474 g/mol. The van der Waals surface area contributed by atoms with E-state index in [-0.39, 0.29) is 12.2 Å². The Morgan fingerprint density at radius 1 is 1.09 bits per heavy atom. The number of benzene rings is 3. The lowest BCUT2D eigenvalue weighted by Gasteiger charge is -2.31. The van der Waals surface area contributed by atoms with Crippen LogP contribution in [0.4, 0.5) is 5.69 Å². The van der Waals surface area contributed by atoms with E-state index < -0.39 is 41.2 Å². The summed E-state index contributed by atoms with van der Waals surface area (Å²) in [6.07, 6.45) is 0.638. The van der Waals surface area contributed by atoms with Crippen LogP contribution in [0.25, 0.3) is 10.8 Å².